The van der Waals surface area contributed by atoms with Crippen LogP contribution in [0, 0.1) is 17.8 Å². The van der Waals surface area contributed by atoms with E-state index in [0.29, 0.717) is 17.8 Å². The summed E-state index contributed by atoms with van der Waals surface area (Å²) < 4.78 is 18.8. The van der Waals surface area contributed by atoms with Gasteiger partial charge in [-0.15, -0.1) is 0 Å². The van der Waals surface area contributed by atoms with Gasteiger partial charge in [-0.1, -0.05) is 84.0 Å². The Morgan fingerprint density at radius 2 is 1.14 bits per heavy atom. The van der Waals surface area contributed by atoms with Crippen LogP contribution in [0.5, 0.6) is 17.2 Å². The van der Waals surface area contributed by atoms with Crippen molar-refractivity contribution < 1.29 is 14.2 Å². The zero-order valence-electron chi connectivity index (χ0n) is 22.8. The number of hydrogen-bond acceptors (Lipinski definition) is 3. The molecule has 0 bridgehead atoms. The van der Waals surface area contributed by atoms with Gasteiger partial charge in [0.2, 0.25) is 0 Å². The van der Waals surface area contributed by atoms with Crippen LogP contribution in [0.2, 0.25) is 0 Å². The largest absolute Gasteiger partial charge is 0.494 e. The fourth-order valence-corrected chi connectivity index (χ4v) is 5.17. The van der Waals surface area contributed by atoms with Gasteiger partial charge in [-0.3, -0.25) is 0 Å². The zero-order chi connectivity index (χ0) is 25.7. The molecule has 0 fully saturated rings. The van der Waals surface area contributed by atoms with Crippen molar-refractivity contribution in [3.8, 4) is 17.2 Å². The molecule has 36 heavy (non-hydrogen) atoms. The van der Waals surface area contributed by atoms with Crippen LogP contribution in [0.1, 0.15) is 71.1 Å². The lowest BCUT2D eigenvalue weighted by molar-refractivity contribution is 0.135. The molecule has 0 saturated carbocycles. The van der Waals surface area contributed by atoms with E-state index in [0.717, 1.165) is 43.3 Å². The second-order valence-electron chi connectivity index (χ2n) is 11.2. The van der Waals surface area contributed by atoms with Crippen LogP contribution in [0.15, 0.2) is 72.8 Å². The lowest BCUT2D eigenvalue weighted by Crippen LogP contribution is -2.43. The average molecular weight is 487 g/mol. The molecule has 0 amide bonds. The van der Waals surface area contributed by atoms with Crippen molar-refractivity contribution >= 4 is 0 Å². The van der Waals surface area contributed by atoms with Gasteiger partial charge in [0, 0.05) is 5.56 Å². The molecule has 0 radical (unpaired) electrons. The SMILES string of the molecule is CC(C)CCOc1ccc(C2(c3ccc(OCCC(C)C)cc3)c3ccccc3OC2C(C)C)cc1. The Morgan fingerprint density at radius 1 is 0.667 bits per heavy atom. The Kier molecular flexibility index (Phi) is 8.28. The van der Waals surface area contributed by atoms with Crippen molar-refractivity contribution in [1.82, 2.24) is 0 Å². The molecule has 1 unspecified atom stereocenters. The van der Waals surface area contributed by atoms with E-state index in [9.17, 15) is 0 Å². The van der Waals surface area contributed by atoms with Crippen molar-refractivity contribution in [2.24, 2.45) is 17.8 Å². The van der Waals surface area contributed by atoms with E-state index in [1.54, 1.807) is 0 Å². The van der Waals surface area contributed by atoms with Crippen LogP contribution in [0.4, 0.5) is 0 Å². The number of ether oxygens (including phenoxy) is 3. The number of hydrogen-bond donors (Lipinski definition) is 0. The number of para-hydroxylation sites is 1. The Balaban J connectivity index is 1.74. The molecule has 3 nitrogen and oxygen atoms in total. The van der Waals surface area contributed by atoms with Crippen LogP contribution in [0.3, 0.4) is 0 Å². The van der Waals surface area contributed by atoms with Gasteiger partial charge in [0.25, 0.3) is 0 Å². The van der Waals surface area contributed by atoms with E-state index in [-0.39, 0.29) is 6.10 Å². The summed E-state index contributed by atoms with van der Waals surface area (Å²) in [5.41, 5.74) is 3.23. The van der Waals surface area contributed by atoms with Crippen molar-refractivity contribution in [3.63, 3.8) is 0 Å². The van der Waals surface area contributed by atoms with Crippen LogP contribution in [-0.2, 0) is 5.41 Å². The van der Waals surface area contributed by atoms with Gasteiger partial charge in [0.1, 0.15) is 23.4 Å². The third-order valence-electron chi connectivity index (χ3n) is 7.15. The summed E-state index contributed by atoms with van der Waals surface area (Å²) in [5.74, 6) is 4.35. The summed E-state index contributed by atoms with van der Waals surface area (Å²) in [6.07, 6.45) is 2.07. The predicted molar refractivity (Wildman–Crippen MR) is 148 cm³/mol. The highest BCUT2D eigenvalue weighted by molar-refractivity contribution is 5.61. The molecule has 192 valence electrons. The average Bonchev–Trinajstić information content (AvgIpc) is 3.21. The fraction of sp³-hybridized carbons (Fsp3) is 0.455. The van der Waals surface area contributed by atoms with Crippen molar-refractivity contribution in [2.75, 3.05) is 13.2 Å². The molecule has 0 N–H and O–H groups in total. The molecule has 1 atom stereocenters. The van der Waals surface area contributed by atoms with Gasteiger partial charge in [0.05, 0.1) is 18.6 Å². The lowest BCUT2D eigenvalue weighted by Gasteiger charge is -2.38. The smallest absolute Gasteiger partial charge is 0.124 e. The normalized spacial score (nSPS) is 16.3. The zero-order valence-corrected chi connectivity index (χ0v) is 22.8. The molecule has 0 aromatic heterocycles. The van der Waals surface area contributed by atoms with Gasteiger partial charge in [-0.05, 0) is 72.1 Å². The first-order valence-electron chi connectivity index (χ1n) is 13.5. The Labute approximate surface area is 217 Å². The fourth-order valence-electron chi connectivity index (χ4n) is 5.17. The minimum atomic E-state index is -0.419. The summed E-state index contributed by atoms with van der Waals surface area (Å²) in [7, 11) is 0. The number of fused-ring (bicyclic) bond motifs is 1. The van der Waals surface area contributed by atoms with Crippen LogP contribution in [0.25, 0.3) is 0 Å². The molecule has 1 heterocycles. The van der Waals surface area contributed by atoms with Crippen molar-refractivity contribution in [2.45, 2.75) is 65.9 Å². The van der Waals surface area contributed by atoms with E-state index < -0.39 is 5.41 Å². The number of rotatable bonds is 11. The topological polar surface area (TPSA) is 27.7 Å². The van der Waals surface area contributed by atoms with Gasteiger partial charge in [-0.25, -0.2) is 0 Å². The summed E-state index contributed by atoms with van der Waals surface area (Å²) in [4.78, 5) is 0. The van der Waals surface area contributed by atoms with Crippen LogP contribution < -0.4 is 14.2 Å². The molecular weight excluding hydrogens is 444 g/mol. The van der Waals surface area contributed by atoms with Gasteiger partial charge in [-0.2, -0.15) is 0 Å². The van der Waals surface area contributed by atoms with E-state index >= 15 is 0 Å². The standard InChI is InChI=1S/C33H42O3/c1-23(2)19-21-34-28-15-11-26(12-16-28)33(27-13-17-29(18-14-27)35-22-20-24(3)4)30-9-7-8-10-31(30)36-32(33)25(5)6/h7-18,23-25,32H,19-22H2,1-6H3. The minimum Gasteiger partial charge on any atom is -0.494 e. The van der Waals surface area contributed by atoms with Gasteiger partial charge < -0.3 is 14.2 Å². The molecule has 3 heteroatoms. The maximum absolute atomic E-state index is 6.67. The molecule has 3 aromatic carbocycles. The highest BCUT2D eigenvalue weighted by Gasteiger charge is 2.52. The molecule has 1 aliphatic heterocycles. The Hall–Kier alpha value is -2.94. The van der Waals surface area contributed by atoms with E-state index in [2.05, 4.69) is 114 Å². The van der Waals surface area contributed by atoms with E-state index in [4.69, 9.17) is 14.2 Å². The lowest BCUT2D eigenvalue weighted by atomic mass is 9.64. The van der Waals surface area contributed by atoms with Crippen LogP contribution in [-0.4, -0.2) is 19.3 Å². The highest BCUT2D eigenvalue weighted by Crippen LogP contribution is 2.53. The second-order valence-corrected chi connectivity index (χ2v) is 11.2. The summed E-state index contributed by atoms with van der Waals surface area (Å²) in [6, 6.07) is 25.8. The molecule has 0 saturated heterocycles. The first-order valence-corrected chi connectivity index (χ1v) is 13.5. The predicted octanol–water partition coefficient (Wildman–Crippen LogP) is 8.29. The van der Waals surface area contributed by atoms with Crippen LogP contribution >= 0.6 is 0 Å². The monoisotopic (exact) mass is 486 g/mol. The first kappa shape index (κ1) is 26.1. The maximum atomic E-state index is 6.67. The van der Waals surface area contributed by atoms with Gasteiger partial charge in [0.15, 0.2) is 0 Å². The molecule has 0 spiro atoms. The molecule has 4 rings (SSSR count). The molecule has 0 aliphatic carbocycles. The third-order valence-corrected chi connectivity index (χ3v) is 7.15. The minimum absolute atomic E-state index is 0.0321. The molecule has 3 aromatic rings. The summed E-state index contributed by atoms with van der Waals surface area (Å²) in [6.45, 7) is 14.9. The van der Waals surface area contributed by atoms with Crippen molar-refractivity contribution in [1.29, 1.82) is 0 Å². The van der Waals surface area contributed by atoms with E-state index in [1.165, 1.54) is 16.7 Å². The van der Waals surface area contributed by atoms with E-state index in [1.807, 2.05) is 0 Å². The first-order chi connectivity index (χ1) is 17.3. The Morgan fingerprint density at radius 3 is 1.58 bits per heavy atom. The molecular formula is C33H42O3. The summed E-state index contributed by atoms with van der Waals surface area (Å²) in [5, 5.41) is 0. The third kappa shape index (κ3) is 5.40. The molecule has 1 aliphatic rings. The Bertz CT molecular complexity index is 1040. The second kappa shape index (κ2) is 11.4. The summed E-state index contributed by atoms with van der Waals surface area (Å²) >= 11 is 0. The highest BCUT2D eigenvalue weighted by atomic mass is 16.5. The van der Waals surface area contributed by atoms with Crippen molar-refractivity contribution in [3.05, 3.63) is 89.5 Å². The van der Waals surface area contributed by atoms with Gasteiger partial charge >= 0.3 is 0 Å². The number of benzene rings is 3. The quantitative estimate of drug-likeness (QED) is 0.273. The maximum Gasteiger partial charge on any atom is 0.124 e.